The van der Waals surface area contributed by atoms with Crippen LogP contribution in [0.15, 0.2) is 42.6 Å². The smallest absolute Gasteiger partial charge is 0.361 e. The number of nitriles is 1. The summed E-state index contributed by atoms with van der Waals surface area (Å²) in [6.07, 6.45) is -1.69. The van der Waals surface area contributed by atoms with Gasteiger partial charge in [0.05, 0.1) is 17.4 Å². The van der Waals surface area contributed by atoms with E-state index in [2.05, 4.69) is 4.98 Å². The van der Waals surface area contributed by atoms with Crippen LogP contribution in [0.3, 0.4) is 0 Å². The molecule has 0 aliphatic carbocycles. The molecule has 30 heavy (non-hydrogen) atoms. The minimum atomic E-state index is -4.66. The van der Waals surface area contributed by atoms with Crippen LogP contribution in [0.4, 0.5) is 17.6 Å². The number of rotatable bonds is 6. The first-order chi connectivity index (χ1) is 14.0. The van der Waals surface area contributed by atoms with Gasteiger partial charge in [-0.25, -0.2) is 12.8 Å². The minimum absolute atomic E-state index is 0.0488. The van der Waals surface area contributed by atoms with Gasteiger partial charge < -0.3 is 4.98 Å². The molecule has 1 N–H and O–H groups in total. The van der Waals surface area contributed by atoms with E-state index in [9.17, 15) is 26.0 Å². The predicted molar refractivity (Wildman–Crippen MR) is 105 cm³/mol. The quantitative estimate of drug-likeness (QED) is 0.531. The van der Waals surface area contributed by atoms with Gasteiger partial charge in [-0.2, -0.15) is 18.4 Å². The zero-order chi connectivity index (χ0) is 22.1. The van der Waals surface area contributed by atoms with Crippen LogP contribution in [0, 0.1) is 17.1 Å². The number of hydrogen-bond acceptors (Lipinski definition) is 3. The molecule has 0 fully saturated rings. The summed E-state index contributed by atoms with van der Waals surface area (Å²) >= 11 is 0. The maximum Gasteiger partial charge on any atom is 0.416 e. The first-order valence-corrected chi connectivity index (χ1v) is 11.1. The van der Waals surface area contributed by atoms with Crippen LogP contribution in [0.5, 0.6) is 0 Å². The molecule has 0 radical (unpaired) electrons. The highest BCUT2D eigenvalue weighted by atomic mass is 32.2. The summed E-state index contributed by atoms with van der Waals surface area (Å²) in [6, 6.07) is 9.42. The van der Waals surface area contributed by atoms with Gasteiger partial charge in [0.25, 0.3) is 0 Å². The number of nitrogens with zero attached hydrogens (tertiary/aromatic N) is 1. The Labute approximate surface area is 171 Å². The number of H-pyrrole nitrogens is 1. The average Bonchev–Trinajstić information content (AvgIpc) is 3.06. The van der Waals surface area contributed by atoms with Crippen molar-refractivity contribution in [1.82, 2.24) is 4.98 Å². The van der Waals surface area contributed by atoms with Gasteiger partial charge in [-0.3, -0.25) is 0 Å². The van der Waals surface area contributed by atoms with E-state index >= 15 is 0 Å². The van der Waals surface area contributed by atoms with E-state index in [0.29, 0.717) is 28.1 Å². The van der Waals surface area contributed by atoms with Crippen LogP contribution >= 0.6 is 0 Å². The lowest BCUT2D eigenvalue weighted by Crippen LogP contribution is -2.09. The van der Waals surface area contributed by atoms with E-state index in [1.54, 1.807) is 24.4 Å². The summed E-state index contributed by atoms with van der Waals surface area (Å²) in [4.78, 5) is 3.01. The molecule has 1 unspecified atom stereocenters. The molecule has 9 heteroatoms. The van der Waals surface area contributed by atoms with Gasteiger partial charge in [0.15, 0.2) is 9.84 Å². The van der Waals surface area contributed by atoms with Gasteiger partial charge in [0.1, 0.15) is 5.82 Å². The van der Waals surface area contributed by atoms with Gasteiger partial charge in [0.2, 0.25) is 0 Å². The Hall–Kier alpha value is -2.86. The topological polar surface area (TPSA) is 73.7 Å². The number of hydrogen-bond donors (Lipinski definition) is 1. The molecule has 1 heterocycles. The summed E-state index contributed by atoms with van der Waals surface area (Å²) in [7, 11) is -3.30. The van der Waals surface area contributed by atoms with E-state index in [0.717, 1.165) is 18.4 Å². The van der Waals surface area contributed by atoms with Gasteiger partial charge >= 0.3 is 6.18 Å². The zero-order valence-electron chi connectivity index (χ0n) is 15.9. The molecule has 2 aromatic carbocycles. The minimum Gasteiger partial charge on any atom is -0.361 e. The lowest BCUT2D eigenvalue weighted by molar-refractivity contribution is -0.137. The highest BCUT2D eigenvalue weighted by Crippen LogP contribution is 2.38. The van der Waals surface area contributed by atoms with Crippen LogP contribution in [0.25, 0.3) is 10.9 Å². The van der Waals surface area contributed by atoms with Gasteiger partial charge in [0, 0.05) is 35.7 Å². The van der Waals surface area contributed by atoms with E-state index in [1.165, 1.54) is 0 Å². The van der Waals surface area contributed by atoms with Crippen molar-refractivity contribution in [3.05, 3.63) is 70.7 Å². The SMILES string of the molecule is CS(=O)(=O)Cc1cccc2c(C(CCC#N)c3ccc(C(F)(F)F)cc3F)c[nH]c12. The van der Waals surface area contributed by atoms with Crippen LogP contribution in [0.1, 0.15) is 41.0 Å². The molecule has 0 amide bonds. The predicted octanol–water partition coefficient (Wildman–Crippen LogP) is 5.31. The van der Waals surface area contributed by atoms with Gasteiger partial charge in [-0.15, -0.1) is 0 Å². The number of aromatic nitrogens is 1. The molecular formula is C21H18F4N2O2S. The Kier molecular flexibility index (Phi) is 5.90. The summed E-state index contributed by atoms with van der Waals surface area (Å²) in [5.41, 5.74) is 0.652. The van der Waals surface area contributed by atoms with Crippen molar-refractivity contribution in [2.45, 2.75) is 30.7 Å². The fraction of sp³-hybridized carbons (Fsp3) is 0.286. The Morgan fingerprint density at radius 3 is 2.50 bits per heavy atom. The van der Waals surface area contributed by atoms with Crippen molar-refractivity contribution >= 4 is 20.7 Å². The third-order valence-electron chi connectivity index (χ3n) is 4.87. The third-order valence-corrected chi connectivity index (χ3v) is 5.71. The van der Waals surface area contributed by atoms with Crippen LogP contribution < -0.4 is 0 Å². The standard InChI is InChI=1S/C21H18F4N2O2S/c1-30(28,29)12-13-4-2-5-17-18(11-27-20(13)17)15(6-3-9-26)16-8-7-14(10-19(16)22)21(23,24)25/h2,4-5,7-8,10-11,15,27H,3,6,12H2,1H3. The number of sulfone groups is 1. The molecule has 3 aromatic rings. The monoisotopic (exact) mass is 438 g/mol. The number of aromatic amines is 1. The fourth-order valence-corrected chi connectivity index (χ4v) is 4.41. The fourth-order valence-electron chi connectivity index (χ4n) is 3.60. The normalized spacial score (nSPS) is 13.3. The molecule has 4 nitrogen and oxygen atoms in total. The number of halogens is 4. The van der Waals surface area contributed by atoms with E-state index < -0.39 is 33.3 Å². The lowest BCUT2D eigenvalue weighted by Gasteiger charge is -2.18. The number of alkyl halides is 3. The Balaban J connectivity index is 2.13. The average molecular weight is 438 g/mol. The zero-order valence-corrected chi connectivity index (χ0v) is 16.7. The van der Waals surface area contributed by atoms with Crippen LogP contribution in [0.2, 0.25) is 0 Å². The summed E-state index contributed by atoms with van der Waals surface area (Å²) < 4.78 is 76.8. The number of fused-ring (bicyclic) bond motifs is 1. The van der Waals surface area contributed by atoms with Crippen molar-refractivity contribution in [3.63, 3.8) is 0 Å². The van der Waals surface area contributed by atoms with Crippen LogP contribution in [-0.4, -0.2) is 19.7 Å². The third kappa shape index (κ3) is 4.65. The van der Waals surface area contributed by atoms with Crippen LogP contribution in [-0.2, 0) is 21.8 Å². The second kappa shape index (κ2) is 8.11. The van der Waals surface area contributed by atoms with Crippen molar-refractivity contribution in [3.8, 4) is 6.07 Å². The van der Waals surface area contributed by atoms with Crippen molar-refractivity contribution < 1.29 is 26.0 Å². The maximum atomic E-state index is 14.7. The maximum absolute atomic E-state index is 14.7. The summed E-state index contributed by atoms with van der Waals surface area (Å²) in [5, 5.41) is 9.64. The van der Waals surface area contributed by atoms with Gasteiger partial charge in [-0.1, -0.05) is 24.3 Å². The Bertz CT molecular complexity index is 1220. The largest absolute Gasteiger partial charge is 0.416 e. The van der Waals surface area contributed by atoms with E-state index in [-0.39, 0.29) is 24.2 Å². The molecular weight excluding hydrogens is 420 g/mol. The highest BCUT2D eigenvalue weighted by molar-refractivity contribution is 7.89. The summed E-state index contributed by atoms with van der Waals surface area (Å²) in [6.45, 7) is 0. The molecule has 0 aliphatic rings. The Morgan fingerprint density at radius 2 is 1.90 bits per heavy atom. The molecule has 0 saturated carbocycles. The van der Waals surface area contributed by atoms with E-state index in [4.69, 9.17) is 5.26 Å². The molecule has 0 bridgehead atoms. The lowest BCUT2D eigenvalue weighted by atomic mass is 9.86. The number of nitrogens with one attached hydrogen (secondary N) is 1. The summed E-state index contributed by atoms with van der Waals surface area (Å²) in [5.74, 6) is -1.87. The van der Waals surface area contributed by atoms with Crippen molar-refractivity contribution in [2.75, 3.05) is 6.26 Å². The van der Waals surface area contributed by atoms with Crippen molar-refractivity contribution in [2.24, 2.45) is 0 Å². The molecule has 1 atom stereocenters. The second-order valence-electron chi connectivity index (χ2n) is 7.14. The van der Waals surface area contributed by atoms with E-state index in [1.807, 2.05) is 6.07 Å². The molecule has 1 aromatic heterocycles. The van der Waals surface area contributed by atoms with Gasteiger partial charge in [-0.05, 0) is 35.2 Å². The second-order valence-corrected chi connectivity index (χ2v) is 9.28. The first kappa shape index (κ1) is 21.8. The molecule has 0 saturated heterocycles. The molecule has 0 spiro atoms. The number of benzene rings is 2. The molecule has 3 rings (SSSR count). The first-order valence-electron chi connectivity index (χ1n) is 9.01. The molecule has 158 valence electrons. The van der Waals surface area contributed by atoms with Crippen molar-refractivity contribution in [1.29, 1.82) is 5.26 Å². The highest BCUT2D eigenvalue weighted by Gasteiger charge is 2.32. The molecule has 0 aliphatic heterocycles. The number of para-hydroxylation sites is 1. The Morgan fingerprint density at radius 1 is 1.17 bits per heavy atom.